The Labute approximate surface area is 105 Å². The monoisotopic (exact) mass is 286 g/mol. The molecule has 108 valence electrons. The molecule has 0 saturated carbocycles. The molecule has 0 aromatic heterocycles. The van der Waals surface area contributed by atoms with Gasteiger partial charge >= 0.3 is 12.4 Å². The standard InChI is InChI=1S/C12H12F6O/c1-6-3-4-8(5-7(6)2)9(19)10(11(13,14)15)12(16,17)18/h3-5,9-10,19H,1-2H3. The van der Waals surface area contributed by atoms with Gasteiger partial charge < -0.3 is 5.11 Å². The van der Waals surface area contributed by atoms with Crippen LogP contribution in [0.4, 0.5) is 26.3 Å². The third-order valence-corrected chi connectivity index (χ3v) is 2.89. The number of rotatable bonds is 2. The van der Waals surface area contributed by atoms with Crippen molar-refractivity contribution < 1.29 is 31.4 Å². The Morgan fingerprint density at radius 3 is 1.74 bits per heavy atom. The number of hydrogen-bond acceptors (Lipinski definition) is 1. The zero-order valence-corrected chi connectivity index (χ0v) is 10.1. The van der Waals surface area contributed by atoms with Crippen LogP contribution in [0.15, 0.2) is 18.2 Å². The Kier molecular flexibility index (Phi) is 4.19. The van der Waals surface area contributed by atoms with Gasteiger partial charge in [0.1, 0.15) is 0 Å². The minimum Gasteiger partial charge on any atom is -0.387 e. The highest BCUT2D eigenvalue weighted by Gasteiger charge is 2.60. The predicted octanol–water partition coefficient (Wildman–Crippen LogP) is 4.08. The fraction of sp³-hybridized carbons (Fsp3) is 0.500. The molecular weight excluding hydrogens is 274 g/mol. The first kappa shape index (κ1) is 15.8. The molecule has 0 fully saturated rings. The Morgan fingerprint density at radius 1 is 0.895 bits per heavy atom. The second-order valence-electron chi connectivity index (χ2n) is 4.35. The van der Waals surface area contributed by atoms with Crippen molar-refractivity contribution in [1.29, 1.82) is 0 Å². The molecule has 1 nitrogen and oxygen atoms in total. The van der Waals surface area contributed by atoms with Gasteiger partial charge in [0.25, 0.3) is 0 Å². The van der Waals surface area contributed by atoms with E-state index >= 15 is 0 Å². The average molecular weight is 286 g/mol. The quantitative estimate of drug-likeness (QED) is 0.812. The van der Waals surface area contributed by atoms with Gasteiger partial charge in [-0.05, 0) is 30.5 Å². The number of halogens is 6. The summed E-state index contributed by atoms with van der Waals surface area (Å²) >= 11 is 0. The van der Waals surface area contributed by atoms with Crippen LogP contribution < -0.4 is 0 Å². The summed E-state index contributed by atoms with van der Waals surface area (Å²) in [6.45, 7) is 3.21. The summed E-state index contributed by atoms with van der Waals surface area (Å²) in [6, 6.07) is 3.57. The summed E-state index contributed by atoms with van der Waals surface area (Å²) in [5.41, 5.74) is 0.828. The maximum Gasteiger partial charge on any atom is 0.403 e. The molecule has 0 bridgehead atoms. The molecule has 0 amide bonds. The zero-order valence-electron chi connectivity index (χ0n) is 10.1. The maximum absolute atomic E-state index is 12.5. The highest BCUT2D eigenvalue weighted by molar-refractivity contribution is 5.31. The van der Waals surface area contributed by atoms with E-state index in [1.165, 1.54) is 6.07 Å². The topological polar surface area (TPSA) is 20.2 Å². The minimum absolute atomic E-state index is 0.400. The van der Waals surface area contributed by atoms with Crippen LogP contribution in [0.3, 0.4) is 0 Å². The first-order valence-electron chi connectivity index (χ1n) is 5.33. The van der Waals surface area contributed by atoms with E-state index in [1.807, 2.05) is 0 Å². The SMILES string of the molecule is Cc1ccc(C(O)C(C(F)(F)F)C(F)(F)F)cc1C. The Hall–Kier alpha value is -1.24. The molecule has 0 radical (unpaired) electrons. The van der Waals surface area contributed by atoms with Gasteiger partial charge in [0.05, 0.1) is 6.10 Å². The average Bonchev–Trinajstić information content (AvgIpc) is 2.17. The van der Waals surface area contributed by atoms with Crippen LogP contribution in [0.2, 0.25) is 0 Å². The lowest BCUT2D eigenvalue weighted by molar-refractivity contribution is -0.307. The lowest BCUT2D eigenvalue weighted by atomic mass is 9.92. The van der Waals surface area contributed by atoms with Crippen molar-refractivity contribution in [3.05, 3.63) is 34.9 Å². The molecule has 1 atom stereocenters. The molecule has 0 aliphatic heterocycles. The van der Waals surface area contributed by atoms with Crippen molar-refractivity contribution >= 4 is 0 Å². The Balaban J connectivity index is 3.20. The van der Waals surface area contributed by atoms with Crippen molar-refractivity contribution in [3.8, 4) is 0 Å². The van der Waals surface area contributed by atoms with E-state index < -0.39 is 29.9 Å². The second kappa shape index (κ2) is 5.03. The number of aliphatic hydroxyl groups excluding tert-OH is 1. The van der Waals surface area contributed by atoms with Gasteiger partial charge in [-0.3, -0.25) is 0 Å². The highest BCUT2D eigenvalue weighted by atomic mass is 19.4. The molecule has 1 N–H and O–H groups in total. The first-order chi connectivity index (χ1) is 8.44. The molecule has 1 aromatic carbocycles. The van der Waals surface area contributed by atoms with Crippen molar-refractivity contribution in [2.75, 3.05) is 0 Å². The third kappa shape index (κ3) is 3.62. The molecule has 19 heavy (non-hydrogen) atoms. The van der Waals surface area contributed by atoms with Gasteiger partial charge in [0.15, 0.2) is 5.92 Å². The number of hydrogen-bond donors (Lipinski definition) is 1. The summed E-state index contributed by atoms with van der Waals surface area (Å²) in [4.78, 5) is 0. The molecule has 7 heteroatoms. The molecule has 1 rings (SSSR count). The van der Waals surface area contributed by atoms with Crippen LogP contribution in [-0.2, 0) is 0 Å². The smallest absolute Gasteiger partial charge is 0.387 e. The number of alkyl halides is 6. The summed E-state index contributed by atoms with van der Waals surface area (Å²) < 4.78 is 74.7. The molecule has 0 spiro atoms. The predicted molar refractivity (Wildman–Crippen MR) is 56.5 cm³/mol. The zero-order chi connectivity index (χ0) is 15.0. The van der Waals surface area contributed by atoms with E-state index in [2.05, 4.69) is 0 Å². The lowest BCUT2D eigenvalue weighted by Gasteiger charge is -2.27. The van der Waals surface area contributed by atoms with Crippen LogP contribution in [0.25, 0.3) is 0 Å². The first-order valence-corrected chi connectivity index (χ1v) is 5.33. The van der Waals surface area contributed by atoms with Crippen LogP contribution >= 0.6 is 0 Å². The van der Waals surface area contributed by atoms with E-state index in [4.69, 9.17) is 0 Å². The maximum atomic E-state index is 12.5. The molecule has 0 heterocycles. The summed E-state index contributed by atoms with van der Waals surface area (Å²) in [6.07, 6.45) is -13.8. The van der Waals surface area contributed by atoms with Crippen LogP contribution in [0.5, 0.6) is 0 Å². The molecule has 0 saturated heterocycles. The summed E-state index contributed by atoms with van der Waals surface area (Å²) in [5, 5.41) is 9.43. The number of aryl methyl sites for hydroxylation is 2. The van der Waals surface area contributed by atoms with E-state index in [0.717, 1.165) is 12.1 Å². The van der Waals surface area contributed by atoms with Gasteiger partial charge in [-0.1, -0.05) is 18.2 Å². The van der Waals surface area contributed by atoms with E-state index in [0.29, 0.717) is 11.1 Å². The summed E-state index contributed by atoms with van der Waals surface area (Å²) in [5.74, 6) is -3.79. The van der Waals surface area contributed by atoms with Crippen molar-refractivity contribution in [2.45, 2.75) is 32.3 Å². The Bertz CT molecular complexity index is 435. The molecule has 0 aliphatic rings. The molecule has 1 aromatic rings. The number of benzene rings is 1. The summed E-state index contributed by atoms with van der Waals surface area (Å²) in [7, 11) is 0. The van der Waals surface area contributed by atoms with Gasteiger partial charge in [0.2, 0.25) is 0 Å². The van der Waals surface area contributed by atoms with Crippen LogP contribution in [0, 0.1) is 19.8 Å². The van der Waals surface area contributed by atoms with Gasteiger partial charge in [-0.2, -0.15) is 26.3 Å². The van der Waals surface area contributed by atoms with Gasteiger partial charge in [-0.15, -0.1) is 0 Å². The fourth-order valence-electron chi connectivity index (χ4n) is 1.68. The molecule has 1 unspecified atom stereocenters. The van der Waals surface area contributed by atoms with E-state index in [1.54, 1.807) is 13.8 Å². The van der Waals surface area contributed by atoms with Gasteiger partial charge in [-0.25, -0.2) is 0 Å². The number of aliphatic hydroxyl groups is 1. The normalized spacial score (nSPS) is 14.8. The van der Waals surface area contributed by atoms with Crippen LogP contribution in [-0.4, -0.2) is 17.5 Å². The minimum atomic E-state index is -5.56. The fourth-order valence-corrected chi connectivity index (χ4v) is 1.68. The van der Waals surface area contributed by atoms with E-state index in [-0.39, 0.29) is 0 Å². The van der Waals surface area contributed by atoms with Gasteiger partial charge in [0, 0.05) is 0 Å². The second-order valence-corrected chi connectivity index (χ2v) is 4.35. The Morgan fingerprint density at radius 2 is 1.37 bits per heavy atom. The van der Waals surface area contributed by atoms with Crippen molar-refractivity contribution in [3.63, 3.8) is 0 Å². The third-order valence-electron chi connectivity index (χ3n) is 2.89. The lowest BCUT2D eigenvalue weighted by Crippen LogP contribution is -2.40. The van der Waals surface area contributed by atoms with Crippen LogP contribution in [0.1, 0.15) is 22.8 Å². The molecular formula is C12H12F6O. The van der Waals surface area contributed by atoms with Crippen molar-refractivity contribution in [2.24, 2.45) is 5.92 Å². The highest BCUT2D eigenvalue weighted by Crippen LogP contribution is 2.46. The van der Waals surface area contributed by atoms with Crippen molar-refractivity contribution in [1.82, 2.24) is 0 Å². The largest absolute Gasteiger partial charge is 0.403 e. The molecule has 0 aliphatic carbocycles. The van der Waals surface area contributed by atoms with E-state index in [9.17, 15) is 31.4 Å².